The van der Waals surface area contributed by atoms with E-state index in [0.717, 1.165) is 0 Å². The zero-order valence-corrected chi connectivity index (χ0v) is 20.4. The fraction of sp³-hybridized carbons (Fsp3) is 0.273. The molecule has 0 unspecified atom stereocenters. The van der Waals surface area contributed by atoms with Gasteiger partial charge in [-0.3, -0.25) is 14.6 Å². The maximum absolute atomic E-state index is 13.3. The average Bonchev–Trinajstić information content (AvgIpc) is 2.81. The van der Waals surface area contributed by atoms with Crippen molar-refractivity contribution in [1.29, 1.82) is 0 Å². The lowest BCUT2D eigenvalue weighted by Gasteiger charge is -2.32. The molecule has 1 aliphatic heterocycles. The maximum Gasteiger partial charge on any atom is 0.325 e. The molecule has 1 amide bonds. The van der Waals surface area contributed by atoms with Crippen LogP contribution in [-0.2, 0) is 4.79 Å². The Labute approximate surface area is 197 Å². The standard InChI is InChI=1S/C22H21BrN4O4S/c1-5-17(28)26-15-9-7-6-8-13(15)18-20(29)24-22(32-4)25-27(18)21(26)12-10-14(23)19(31-3)16(11-12)30-2/h6-11,21H,5H2,1-4H3/p+1/t21-/m0/s1. The van der Waals surface area contributed by atoms with E-state index in [1.807, 2.05) is 43.5 Å². The lowest BCUT2D eigenvalue weighted by atomic mass is 10.0. The van der Waals surface area contributed by atoms with Crippen molar-refractivity contribution in [1.82, 2.24) is 10.1 Å². The molecule has 32 heavy (non-hydrogen) atoms. The third-order valence-electron chi connectivity index (χ3n) is 5.28. The summed E-state index contributed by atoms with van der Waals surface area (Å²) in [6, 6.07) is 11.0. The summed E-state index contributed by atoms with van der Waals surface area (Å²) in [7, 11) is 3.11. The number of benzene rings is 2. The van der Waals surface area contributed by atoms with E-state index in [-0.39, 0.29) is 17.9 Å². The Morgan fingerprint density at radius 1 is 1.28 bits per heavy atom. The number of para-hydroxylation sites is 1. The van der Waals surface area contributed by atoms with E-state index in [1.54, 1.807) is 29.9 Å². The first-order valence-corrected chi connectivity index (χ1v) is 11.9. The molecule has 1 N–H and O–H groups in total. The van der Waals surface area contributed by atoms with Crippen LogP contribution in [-0.4, -0.2) is 36.5 Å². The van der Waals surface area contributed by atoms with Crippen molar-refractivity contribution in [3.63, 3.8) is 0 Å². The summed E-state index contributed by atoms with van der Waals surface area (Å²) < 4.78 is 13.3. The van der Waals surface area contributed by atoms with Gasteiger partial charge in [-0.25, -0.2) is 4.90 Å². The van der Waals surface area contributed by atoms with Gasteiger partial charge in [0.25, 0.3) is 6.17 Å². The molecule has 0 spiro atoms. The molecule has 1 aliphatic rings. The fourth-order valence-electron chi connectivity index (χ4n) is 3.89. The lowest BCUT2D eigenvalue weighted by molar-refractivity contribution is -0.763. The smallest absolute Gasteiger partial charge is 0.325 e. The summed E-state index contributed by atoms with van der Waals surface area (Å²) in [6.45, 7) is 1.81. The maximum atomic E-state index is 13.3. The molecule has 0 bridgehead atoms. The first-order valence-electron chi connectivity index (χ1n) is 9.88. The zero-order chi connectivity index (χ0) is 23.0. The minimum atomic E-state index is -0.698. The molecule has 0 radical (unpaired) electrons. The summed E-state index contributed by atoms with van der Waals surface area (Å²) >= 11 is 4.87. The van der Waals surface area contributed by atoms with Crippen LogP contribution in [0.4, 0.5) is 5.69 Å². The largest absolute Gasteiger partial charge is 0.493 e. The van der Waals surface area contributed by atoms with Crippen LogP contribution in [0.25, 0.3) is 11.3 Å². The monoisotopic (exact) mass is 517 g/mol. The third-order valence-corrected chi connectivity index (χ3v) is 6.44. The SMILES string of the molecule is CCC(=O)N1c2ccccc2-c2c(=O)[nH]c(SC)n[n+]2[C@H]1c1cc(Br)c(OC)c(OC)c1. The van der Waals surface area contributed by atoms with Gasteiger partial charge in [-0.1, -0.05) is 30.8 Å². The Morgan fingerprint density at radius 2 is 2.03 bits per heavy atom. The molecule has 0 fully saturated rings. The van der Waals surface area contributed by atoms with Crippen LogP contribution >= 0.6 is 27.7 Å². The molecule has 8 nitrogen and oxygen atoms in total. The number of nitrogens with one attached hydrogen (secondary N) is 1. The topological polar surface area (TPSA) is 88.4 Å². The van der Waals surface area contributed by atoms with Crippen LogP contribution in [0.1, 0.15) is 25.1 Å². The number of H-pyrrole nitrogens is 1. The highest BCUT2D eigenvalue weighted by molar-refractivity contribution is 9.10. The Hall–Kier alpha value is -2.85. The number of halogens is 1. The van der Waals surface area contributed by atoms with E-state index in [0.29, 0.717) is 43.6 Å². The molecular formula is C22H22BrN4O4S+. The van der Waals surface area contributed by atoms with E-state index in [4.69, 9.17) is 9.47 Å². The predicted octanol–water partition coefficient (Wildman–Crippen LogP) is 3.53. The summed E-state index contributed by atoms with van der Waals surface area (Å²) in [5.41, 5.74) is 2.12. The van der Waals surface area contributed by atoms with Crippen LogP contribution in [0.3, 0.4) is 0 Å². The van der Waals surface area contributed by atoms with Gasteiger partial charge in [0.05, 0.1) is 35.5 Å². The van der Waals surface area contributed by atoms with E-state index in [1.165, 1.54) is 11.8 Å². The highest BCUT2D eigenvalue weighted by Gasteiger charge is 2.45. The van der Waals surface area contributed by atoms with Crippen molar-refractivity contribution in [2.75, 3.05) is 25.4 Å². The highest BCUT2D eigenvalue weighted by Crippen LogP contribution is 2.42. The quantitative estimate of drug-likeness (QED) is 0.411. The number of hydrogen-bond acceptors (Lipinski definition) is 6. The Kier molecular flexibility index (Phi) is 6.25. The minimum Gasteiger partial charge on any atom is -0.493 e. The second-order valence-corrected chi connectivity index (χ2v) is 8.65. The fourth-order valence-corrected chi connectivity index (χ4v) is 4.88. The molecule has 2 heterocycles. The Bertz CT molecular complexity index is 1260. The van der Waals surface area contributed by atoms with Crippen molar-refractivity contribution < 1.29 is 19.0 Å². The molecule has 0 aliphatic carbocycles. The number of methoxy groups -OCH3 is 2. The van der Waals surface area contributed by atoms with Gasteiger partial charge < -0.3 is 9.47 Å². The van der Waals surface area contributed by atoms with Crippen LogP contribution in [0.5, 0.6) is 11.5 Å². The minimum absolute atomic E-state index is 0.0979. The van der Waals surface area contributed by atoms with Crippen molar-refractivity contribution in [2.24, 2.45) is 0 Å². The number of amides is 1. The molecule has 0 saturated carbocycles. The Balaban J connectivity index is 2.09. The number of ether oxygens (including phenoxy) is 2. The number of carbonyl (C=O) groups is 1. The number of carbonyl (C=O) groups excluding carboxylic acids is 1. The molecule has 0 saturated heterocycles. The van der Waals surface area contributed by atoms with E-state index >= 15 is 0 Å². The predicted molar refractivity (Wildman–Crippen MR) is 125 cm³/mol. The molecule has 1 aromatic heterocycles. The van der Waals surface area contributed by atoms with Gasteiger partial charge in [-0.2, -0.15) is 0 Å². The molecule has 166 valence electrons. The molecule has 3 aromatic rings. The normalized spacial score (nSPS) is 14.5. The van der Waals surface area contributed by atoms with Crippen molar-refractivity contribution in [2.45, 2.75) is 24.7 Å². The molecular weight excluding hydrogens is 496 g/mol. The second-order valence-electron chi connectivity index (χ2n) is 7.00. The number of anilines is 1. The van der Waals surface area contributed by atoms with Crippen molar-refractivity contribution >= 4 is 39.3 Å². The van der Waals surface area contributed by atoms with Crippen LogP contribution in [0.2, 0.25) is 0 Å². The second kappa shape index (κ2) is 8.95. The highest BCUT2D eigenvalue weighted by atomic mass is 79.9. The summed E-state index contributed by atoms with van der Waals surface area (Å²) in [5.74, 6) is 0.936. The van der Waals surface area contributed by atoms with Gasteiger partial charge in [0.15, 0.2) is 11.5 Å². The number of aromatic amines is 1. The van der Waals surface area contributed by atoms with Crippen molar-refractivity contribution in [3.8, 4) is 22.8 Å². The lowest BCUT2D eigenvalue weighted by Crippen LogP contribution is -2.60. The van der Waals surface area contributed by atoms with Gasteiger partial charge in [0, 0.05) is 11.5 Å². The van der Waals surface area contributed by atoms with Crippen LogP contribution < -0.4 is 24.6 Å². The van der Waals surface area contributed by atoms with Gasteiger partial charge in [0.1, 0.15) is 0 Å². The molecule has 1 atom stereocenters. The first kappa shape index (κ1) is 22.3. The van der Waals surface area contributed by atoms with Crippen LogP contribution in [0.15, 0.2) is 50.8 Å². The zero-order valence-electron chi connectivity index (χ0n) is 18.0. The number of fused-ring (bicyclic) bond motifs is 3. The number of nitrogens with zero attached hydrogens (tertiary/aromatic N) is 3. The van der Waals surface area contributed by atoms with Gasteiger partial charge >= 0.3 is 11.3 Å². The summed E-state index contributed by atoms with van der Waals surface area (Å²) in [6.07, 6.45) is 1.42. The third kappa shape index (κ3) is 3.57. The number of hydrogen-bond donors (Lipinski definition) is 1. The summed E-state index contributed by atoms with van der Waals surface area (Å²) in [5, 5.41) is 5.14. The van der Waals surface area contributed by atoms with Gasteiger partial charge in [-0.15, -0.1) is 0 Å². The number of rotatable bonds is 5. The molecule has 4 rings (SSSR count). The van der Waals surface area contributed by atoms with E-state index in [9.17, 15) is 9.59 Å². The Morgan fingerprint density at radius 3 is 2.69 bits per heavy atom. The first-order chi connectivity index (χ1) is 15.4. The van der Waals surface area contributed by atoms with Gasteiger partial charge in [-0.05, 0) is 51.1 Å². The number of aromatic nitrogens is 3. The van der Waals surface area contributed by atoms with Crippen LogP contribution in [0, 0.1) is 0 Å². The average molecular weight is 518 g/mol. The van der Waals surface area contributed by atoms with Crippen molar-refractivity contribution in [3.05, 3.63) is 56.8 Å². The van der Waals surface area contributed by atoms with Gasteiger partial charge in [0.2, 0.25) is 11.1 Å². The number of thioether (sulfide) groups is 1. The molecule has 10 heteroatoms. The van der Waals surface area contributed by atoms with E-state index < -0.39 is 6.17 Å². The molecule has 2 aromatic carbocycles. The van der Waals surface area contributed by atoms with E-state index in [2.05, 4.69) is 26.0 Å². The summed E-state index contributed by atoms with van der Waals surface area (Å²) in [4.78, 5) is 30.9.